The lowest BCUT2D eigenvalue weighted by Gasteiger charge is -2.33. The average molecular weight is 329 g/mol. The van der Waals surface area contributed by atoms with Gasteiger partial charge in [-0.15, -0.1) is 12.4 Å². The van der Waals surface area contributed by atoms with Gasteiger partial charge in [0.05, 0.1) is 12.0 Å². The lowest BCUT2D eigenvalue weighted by molar-refractivity contribution is -0.141. The summed E-state index contributed by atoms with van der Waals surface area (Å²) in [5, 5.41) is 0. The molecule has 126 valence electrons. The van der Waals surface area contributed by atoms with Gasteiger partial charge in [-0.2, -0.15) is 0 Å². The van der Waals surface area contributed by atoms with Gasteiger partial charge in [-0.25, -0.2) is 0 Å². The standard InChI is InChI=1S/C17H28N2O2.ClH/c1-5-17(6-2,13-18)16(20)19(4)12-14-10-8-9-11-15(14)21-7-3;/h8-11H,5-7,12-13,18H2,1-4H3;1H. The number of rotatable bonds is 8. The Labute approximate surface area is 140 Å². The van der Waals surface area contributed by atoms with E-state index in [1.165, 1.54) is 0 Å². The van der Waals surface area contributed by atoms with Crippen molar-refractivity contribution < 1.29 is 9.53 Å². The van der Waals surface area contributed by atoms with Crippen LogP contribution in [0.15, 0.2) is 24.3 Å². The fourth-order valence-electron chi connectivity index (χ4n) is 2.59. The molecular formula is C17H29ClN2O2. The molecule has 0 radical (unpaired) electrons. The molecule has 22 heavy (non-hydrogen) atoms. The first kappa shape index (κ1) is 20.7. The molecule has 0 saturated heterocycles. The second-order valence-electron chi connectivity index (χ2n) is 5.39. The topological polar surface area (TPSA) is 55.6 Å². The fourth-order valence-corrected chi connectivity index (χ4v) is 2.59. The molecule has 0 atom stereocenters. The highest BCUT2D eigenvalue weighted by atomic mass is 35.5. The second-order valence-corrected chi connectivity index (χ2v) is 5.39. The molecule has 0 fully saturated rings. The van der Waals surface area contributed by atoms with E-state index in [2.05, 4.69) is 0 Å². The Morgan fingerprint density at radius 3 is 2.32 bits per heavy atom. The Balaban J connectivity index is 0.00000441. The minimum absolute atomic E-state index is 0. The van der Waals surface area contributed by atoms with Crippen molar-refractivity contribution in [1.29, 1.82) is 0 Å². The van der Waals surface area contributed by atoms with E-state index in [-0.39, 0.29) is 18.3 Å². The van der Waals surface area contributed by atoms with E-state index in [9.17, 15) is 4.79 Å². The predicted octanol–water partition coefficient (Wildman–Crippen LogP) is 3.23. The van der Waals surface area contributed by atoms with Crippen molar-refractivity contribution in [3.63, 3.8) is 0 Å². The van der Waals surface area contributed by atoms with Crippen LogP contribution in [0.1, 0.15) is 39.2 Å². The van der Waals surface area contributed by atoms with Crippen LogP contribution in [0.5, 0.6) is 5.75 Å². The molecule has 1 aromatic carbocycles. The van der Waals surface area contributed by atoms with E-state index < -0.39 is 5.41 Å². The Bertz CT molecular complexity index is 453. The summed E-state index contributed by atoms with van der Waals surface area (Å²) >= 11 is 0. The molecule has 2 N–H and O–H groups in total. The number of carbonyl (C=O) groups is 1. The molecule has 0 aliphatic rings. The summed E-state index contributed by atoms with van der Waals surface area (Å²) in [5.74, 6) is 0.951. The van der Waals surface area contributed by atoms with Crippen molar-refractivity contribution in [3.8, 4) is 5.75 Å². The van der Waals surface area contributed by atoms with Gasteiger partial charge < -0.3 is 15.4 Å². The van der Waals surface area contributed by atoms with E-state index in [0.717, 1.165) is 24.2 Å². The number of hydrogen-bond donors (Lipinski definition) is 1. The Morgan fingerprint density at radius 2 is 1.82 bits per heavy atom. The van der Waals surface area contributed by atoms with Crippen molar-refractivity contribution in [3.05, 3.63) is 29.8 Å². The third kappa shape index (κ3) is 4.62. The summed E-state index contributed by atoms with van der Waals surface area (Å²) < 4.78 is 5.62. The normalized spacial score (nSPS) is 10.8. The molecule has 1 rings (SSSR count). The Hall–Kier alpha value is -1.26. The van der Waals surface area contributed by atoms with Crippen LogP contribution in [0, 0.1) is 5.41 Å². The van der Waals surface area contributed by atoms with Gasteiger partial charge in [-0.05, 0) is 25.8 Å². The third-order valence-corrected chi connectivity index (χ3v) is 4.22. The van der Waals surface area contributed by atoms with Crippen molar-refractivity contribution >= 4 is 18.3 Å². The van der Waals surface area contributed by atoms with Crippen LogP contribution in [-0.2, 0) is 11.3 Å². The van der Waals surface area contributed by atoms with Gasteiger partial charge in [-0.3, -0.25) is 4.79 Å². The maximum absolute atomic E-state index is 12.7. The van der Waals surface area contributed by atoms with Crippen molar-refractivity contribution in [2.24, 2.45) is 11.1 Å². The van der Waals surface area contributed by atoms with Crippen LogP contribution >= 0.6 is 12.4 Å². The molecule has 1 aromatic rings. The molecule has 0 aliphatic carbocycles. The smallest absolute Gasteiger partial charge is 0.230 e. The highest BCUT2D eigenvalue weighted by Gasteiger charge is 2.35. The summed E-state index contributed by atoms with van der Waals surface area (Å²) in [5.41, 5.74) is 6.44. The molecule has 1 amide bonds. The molecule has 0 spiro atoms. The molecule has 0 unspecified atom stereocenters. The molecule has 4 nitrogen and oxygen atoms in total. The molecule has 0 saturated carbocycles. The van der Waals surface area contributed by atoms with E-state index in [4.69, 9.17) is 10.5 Å². The predicted molar refractivity (Wildman–Crippen MR) is 93.4 cm³/mol. The number of amides is 1. The molecule has 0 heterocycles. The molecule has 0 aliphatic heterocycles. The number of nitrogens with zero attached hydrogens (tertiary/aromatic N) is 1. The van der Waals surface area contributed by atoms with Gasteiger partial charge in [0, 0.05) is 25.7 Å². The van der Waals surface area contributed by atoms with Crippen LogP contribution in [-0.4, -0.2) is 31.0 Å². The monoisotopic (exact) mass is 328 g/mol. The third-order valence-electron chi connectivity index (χ3n) is 4.22. The minimum Gasteiger partial charge on any atom is -0.494 e. The summed E-state index contributed by atoms with van der Waals surface area (Å²) in [4.78, 5) is 14.5. The van der Waals surface area contributed by atoms with E-state index in [1.807, 2.05) is 52.1 Å². The highest BCUT2D eigenvalue weighted by Crippen LogP contribution is 2.29. The lowest BCUT2D eigenvalue weighted by atomic mass is 9.81. The van der Waals surface area contributed by atoms with Gasteiger partial charge in [0.1, 0.15) is 5.75 Å². The fraction of sp³-hybridized carbons (Fsp3) is 0.588. The largest absolute Gasteiger partial charge is 0.494 e. The zero-order chi connectivity index (χ0) is 15.9. The number of hydrogen-bond acceptors (Lipinski definition) is 3. The van der Waals surface area contributed by atoms with Gasteiger partial charge in [0.2, 0.25) is 5.91 Å². The summed E-state index contributed by atoms with van der Waals surface area (Å²) in [6.07, 6.45) is 1.52. The summed E-state index contributed by atoms with van der Waals surface area (Å²) in [6.45, 7) is 7.55. The Morgan fingerprint density at radius 1 is 1.23 bits per heavy atom. The summed E-state index contributed by atoms with van der Waals surface area (Å²) in [7, 11) is 1.83. The first-order valence-electron chi connectivity index (χ1n) is 7.71. The molecule has 0 bridgehead atoms. The van der Waals surface area contributed by atoms with Gasteiger partial charge >= 0.3 is 0 Å². The van der Waals surface area contributed by atoms with E-state index in [1.54, 1.807) is 4.90 Å². The zero-order valence-electron chi connectivity index (χ0n) is 14.1. The van der Waals surface area contributed by atoms with Crippen LogP contribution in [0.25, 0.3) is 0 Å². The van der Waals surface area contributed by atoms with Gasteiger partial charge in [0.15, 0.2) is 0 Å². The second kappa shape index (κ2) is 9.70. The molecule has 5 heteroatoms. The van der Waals surface area contributed by atoms with Gasteiger partial charge in [-0.1, -0.05) is 32.0 Å². The van der Waals surface area contributed by atoms with Gasteiger partial charge in [0.25, 0.3) is 0 Å². The van der Waals surface area contributed by atoms with Crippen LogP contribution in [0.3, 0.4) is 0 Å². The summed E-state index contributed by atoms with van der Waals surface area (Å²) in [6, 6.07) is 7.84. The van der Waals surface area contributed by atoms with Crippen molar-refractivity contribution in [1.82, 2.24) is 4.90 Å². The maximum atomic E-state index is 12.7. The van der Waals surface area contributed by atoms with Crippen molar-refractivity contribution in [2.45, 2.75) is 40.2 Å². The van der Waals surface area contributed by atoms with E-state index in [0.29, 0.717) is 19.7 Å². The SMILES string of the molecule is CCOc1ccccc1CN(C)C(=O)C(CC)(CC)CN.Cl. The number of benzene rings is 1. The zero-order valence-corrected chi connectivity index (χ0v) is 14.9. The number of nitrogens with two attached hydrogens (primary N) is 1. The number of halogens is 1. The number of para-hydroxylation sites is 1. The number of ether oxygens (including phenoxy) is 1. The first-order chi connectivity index (χ1) is 10.0. The quantitative estimate of drug-likeness (QED) is 0.797. The van der Waals surface area contributed by atoms with E-state index >= 15 is 0 Å². The molecule has 0 aromatic heterocycles. The van der Waals surface area contributed by atoms with Crippen LogP contribution in [0.2, 0.25) is 0 Å². The van der Waals surface area contributed by atoms with Crippen LogP contribution < -0.4 is 10.5 Å². The number of carbonyl (C=O) groups excluding carboxylic acids is 1. The highest BCUT2D eigenvalue weighted by molar-refractivity contribution is 5.85. The van der Waals surface area contributed by atoms with Crippen LogP contribution in [0.4, 0.5) is 0 Å². The van der Waals surface area contributed by atoms with Crippen molar-refractivity contribution in [2.75, 3.05) is 20.2 Å². The Kier molecular flexibility index (Phi) is 9.14. The lowest BCUT2D eigenvalue weighted by Crippen LogP contribution is -2.45. The molecular weight excluding hydrogens is 300 g/mol. The minimum atomic E-state index is -0.449. The average Bonchev–Trinajstić information content (AvgIpc) is 2.51. The maximum Gasteiger partial charge on any atom is 0.230 e. The first-order valence-corrected chi connectivity index (χ1v) is 7.71.